The molecule has 0 aromatic heterocycles. The van der Waals surface area contributed by atoms with Gasteiger partial charge in [-0.2, -0.15) is 0 Å². The van der Waals surface area contributed by atoms with Crippen LogP contribution >= 0.6 is 11.8 Å². The van der Waals surface area contributed by atoms with Crippen molar-refractivity contribution >= 4 is 23.9 Å². The number of thioether (sulfide) groups is 1. The Labute approximate surface area is 117 Å². The molecule has 1 unspecified atom stereocenters. The quantitative estimate of drug-likeness (QED) is 0.448. The van der Waals surface area contributed by atoms with Crippen molar-refractivity contribution in [2.75, 3.05) is 12.8 Å². The Morgan fingerprint density at radius 2 is 1.89 bits per heavy atom. The summed E-state index contributed by atoms with van der Waals surface area (Å²) in [6.45, 7) is 7.30. The summed E-state index contributed by atoms with van der Waals surface area (Å²) < 4.78 is 0. The molecule has 0 saturated carbocycles. The second-order valence-corrected chi connectivity index (χ2v) is 4.84. The van der Waals surface area contributed by atoms with Gasteiger partial charge >= 0.3 is 12.2 Å². The molecule has 0 rings (SSSR count). The van der Waals surface area contributed by atoms with E-state index in [1.165, 1.54) is 0 Å². The van der Waals surface area contributed by atoms with Crippen molar-refractivity contribution in [1.82, 2.24) is 10.2 Å². The van der Waals surface area contributed by atoms with Crippen LogP contribution in [0.2, 0.25) is 0 Å². The standard InChI is InChI=1S/C12H20N2O4S/c1-4-6-8-12(19-3,13-10(15)16)14(11(17)18)9-7-5-2/h4-5,13H,1-2,6-9H2,3H3,(H,15,16)(H,17,18). The Hall–Kier alpha value is -1.63. The lowest BCUT2D eigenvalue weighted by Gasteiger charge is -2.40. The van der Waals surface area contributed by atoms with Crippen LogP contribution in [0.25, 0.3) is 0 Å². The van der Waals surface area contributed by atoms with Gasteiger partial charge in [0.25, 0.3) is 0 Å². The van der Waals surface area contributed by atoms with Gasteiger partial charge < -0.3 is 10.2 Å². The zero-order chi connectivity index (χ0) is 14.9. The monoisotopic (exact) mass is 288 g/mol. The van der Waals surface area contributed by atoms with E-state index < -0.39 is 17.2 Å². The molecule has 0 aliphatic rings. The van der Waals surface area contributed by atoms with Crippen molar-refractivity contribution in [3.8, 4) is 0 Å². The third kappa shape index (κ3) is 5.25. The Kier molecular flexibility index (Phi) is 7.74. The number of allylic oxidation sites excluding steroid dienone is 1. The molecule has 0 heterocycles. The highest BCUT2D eigenvalue weighted by molar-refractivity contribution is 7.99. The van der Waals surface area contributed by atoms with Crippen molar-refractivity contribution in [1.29, 1.82) is 0 Å². The molecule has 0 spiro atoms. The highest BCUT2D eigenvalue weighted by Gasteiger charge is 2.40. The molecule has 7 heteroatoms. The molecule has 0 aliphatic heterocycles. The summed E-state index contributed by atoms with van der Waals surface area (Å²) in [5.74, 6) is 0. The Bertz CT molecular complexity index is 349. The van der Waals surface area contributed by atoms with E-state index >= 15 is 0 Å². The third-order valence-electron chi connectivity index (χ3n) is 2.55. The second-order valence-electron chi connectivity index (χ2n) is 3.76. The van der Waals surface area contributed by atoms with E-state index in [1.807, 2.05) is 0 Å². The van der Waals surface area contributed by atoms with Gasteiger partial charge in [0.15, 0.2) is 4.99 Å². The molecule has 3 N–H and O–H groups in total. The Morgan fingerprint density at radius 1 is 1.32 bits per heavy atom. The normalized spacial score (nSPS) is 13.1. The number of carbonyl (C=O) groups is 2. The smallest absolute Gasteiger partial charge is 0.409 e. The summed E-state index contributed by atoms with van der Waals surface area (Å²) in [6, 6.07) is 0. The maximum atomic E-state index is 11.4. The van der Waals surface area contributed by atoms with Crippen molar-refractivity contribution < 1.29 is 19.8 Å². The highest BCUT2D eigenvalue weighted by atomic mass is 32.2. The van der Waals surface area contributed by atoms with Gasteiger partial charge in [-0.3, -0.25) is 10.2 Å². The maximum Gasteiger partial charge on any atom is 0.409 e. The van der Waals surface area contributed by atoms with E-state index in [0.29, 0.717) is 19.3 Å². The lowest BCUT2D eigenvalue weighted by Crippen LogP contribution is -2.60. The van der Waals surface area contributed by atoms with Gasteiger partial charge in [-0.05, 0) is 19.1 Å². The summed E-state index contributed by atoms with van der Waals surface area (Å²) in [5, 5.41) is 20.6. The van der Waals surface area contributed by atoms with Gasteiger partial charge in [-0.25, -0.2) is 9.59 Å². The summed E-state index contributed by atoms with van der Waals surface area (Å²) in [7, 11) is 0. The fourth-order valence-electron chi connectivity index (χ4n) is 1.64. The number of carboxylic acid groups (broad SMARTS) is 2. The van der Waals surface area contributed by atoms with Gasteiger partial charge in [0, 0.05) is 13.0 Å². The lowest BCUT2D eigenvalue weighted by molar-refractivity contribution is 0.0950. The van der Waals surface area contributed by atoms with Crippen LogP contribution in [0.15, 0.2) is 25.3 Å². The molecule has 0 fully saturated rings. The fraction of sp³-hybridized carbons (Fsp3) is 0.500. The van der Waals surface area contributed by atoms with Crippen molar-refractivity contribution in [2.24, 2.45) is 0 Å². The number of rotatable bonds is 9. The molecule has 108 valence electrons. The number of hydrogen-bond acceptors (Lipinski definition) is 3. The van der Waals surface area contributed by atoms with Crippen molar-refractivity contribution in [2.45, 2.75) is 24.3 Å². The Morgan fingerprint density at radius 3 is 2.26 bits per heavy atom. The molecule has 0 aliphatic carbocycles. The first-order valence-electron chi connectivity index (χ1n) is 5.72. The molecule has 0 aromatic rings. The summed E-state index contributed by atoms with van der Waals surface area (Å²) in [4.78, 5) is 22.2. The van der Waals surface area contributed by atoms with Crippen molar-refractivity contribution in [3.05, 3.63) is 25.3 Å². The first-order valence-corrected chi connectivity index (χ1v) is 6.94. The van der Waals surface area contributed by atoms with E-state index in [9.17, 15) is 14.7 Å². The SMILES string of the molecule is C=CCCN(C(=O)O)C(CCC=C)(NC(=O)O)SC. The van der Waals surface area contributed by atoms with Crippen LogP contribution in [0.4, 0.5) is 9.59 Å². The number of nitrogens with zero attached hydrogens (tertiary/aromatic N) is 1. The van der Waals surface area contributed by atoms with Crippen molar-refractivity contribution in [3.63, 3.8) is 0 Å². The van der Waals surface area contributed by atoms with Crippen LogP contribution in [0.5, 0.6) is 0 Å². The molecule has 0 aromatic carbocycles. The molecule has 0 saturated heterocycles. The minimum absolute atomic E-state index is 0.178. The van der Waals surface area contributed by atoms with Crippen LogP contribution in [-0.2, 0) is 0 Å². The van der Waals surface area contributed by atoms with Crippen LogP contribution in [0.1, 0.15) is 19.3 Å². The van der Waals surface area contributed by atoms with E-state index in [2.05, 4.69) is 18.5 Å². The van der Waals surface area contributed by atoms with Gasteiger partial charge in [0.1, 0.15) is 0 Å². The molecule has 0 radical (unpaired) electrons. The van der Waals surface area contributed by atoms with Crippen LogP contribution in [0.3, 0.4) is 0 Å². The minimum Gasteiger partial charge on any atom is -0.465 e. The summed E-state index contributed by atoms with van der Waals surface area (Å²) >= 11 is 1.14. The predicted octanol–water partition coefficient (Wildman–Crippen LogP) is 2.79. The van der Waals surface area contributed by atoms with E-state index in [4.69, 9.17) is 5.11 Å². The van der Waals surface area contributed by atoms with Crippen LogP contribution in [-0.4, -0.2) is 45.1 Å². The number of hydrogen-bond donors (Lipinski definition) is 3. The molecule has 2 amide bonds. The van der Waals surface area contributed by atoms with E-state index in [1.54, 1.807) is 18.4 Å². The lowest BCUT2D eigenvalue weighted by atomic mass is 10.2. The first-order chi connectivity index (χ1) is 8.93. The van der Waals surface area contributed by atoms with Crippen LogP contribution in [0, 0.1) is 0 Å². The molecular weight excluding hydrogens is 268 g/mol. The van der Waals surface area contributed by atoms with Gasteiger partial charge in [0.05, 0.1) is 0 Å². The largest absolute Gasteiger partial charge is 0.465 e. The highest BCUT2D eigenvalue weighted by Crippen LogP contribution is 2.30. The summed E-state index contributed by atoms with van der Waals surface area (Å²) in [5.41, 5.74) is 0. The van der Waals surface area contributed by atoms with Gasteiger partial charge in [0.2, 0.25) is 0 Å². The van der Waals surface area contributed by atoms with E-state index in [0.717, 1.165) is 16.7 Å². The first kappa shape index (κ1) is 17.4. The number of nitrogens with one attached hydrogen (secondary N) is 1. The minimum atomic E-state index is -1.26. The van der Waals surface area contributed by atoms with E-state index in [-0.39, 0.29) is 6.54 Å². The molecule has 1 atom stereocenters. The summed E-state index contributed by atoms with van der Waals surface area (Å²) in [6.07, 6.45) is 3.72. The second kappa shape index (κ2) is 8.47. The average Bonchev–Trinajstić information content (AvgIpc) is 2.35. The molecule has 0 bridgehead atoms. The topological polar surface area (TPSA) is 89.9 Å². The number of amides is 2. The zero-order valence-corrected chi connectivity index (χ0v) is 11.8. The van der Waals surface area contributed by atoms with Gasteiger partial charge in [-0.1, -0.05) is 12.2 Å². The molecule has 6 nitrogen and oxygen atoms in total. The predicted molar refractivity (Wildman–Crippen MR) is 76.4 cm³/mol. The molecule has 19 heavy (non-hydrogen) atoms. The van der Waals surface area contributed by atoms with Crippen LogP contribution < -0.4 is 5.32 Å². The maximum absolute atomic E-state index is 11.4. The fourth-order valence-corrected chi connectivity index (χ4v) is 2.55. The third-order valence-corrected chi connectivity index (χ3v) is 3.75. The average molecular weight is 288 g/mol. The Balaban J connectivity index is 5.30. The van der Waals surface area contributed by atoms with Gasteiger partial charge in [-0.15, -0.1) is 24.9 Å². The zero-order valence-electron chi connectivity index (χ0n) is 11.0. The molecular formula is C12H20N2O4S.